The summed E-state index contributed by atoms with van der Waals surface area (Å²) in [6.45, 7) is 13.4. The molecule has 0 aliphatic rings. The molecule has 0 fully saturated rings. The smallest absolute Gasteiger partial charge is 0.215 e. The second-order valence-corrected chi connectivity index (χ2v) is 11.2. The van der Waals surface area contributed by atoms with Crippen LogP contribution in [0.5, 0.6) is 0 Å². The fourth-order valence-corrected chi connectivity index (χ4v) is 3.82. The summed E-state index contributed by atoms with van der Waals surface area (Å²) in [5.41, 5.74) is 14.9. The maximum Gasteiger partial charge on any atom is 0.215 e. The van der Waals surface area contributed by atoms with E-state index in [1.807, 2.05) is 60.7 Å². The molecule has 0 radical (unpaired) electrons. The molecule has 6 nitrogen and oxygen atoms in total. The minimum atomic E-state index is -0.770. The summed E-state index contributed by atoms with van der Waals surface area (Å²) in [5, 5.41) is 8.35. The van der Waals surface area contributed by atoms with Gasteiger partial charge in [0.2, 0.25) is 5.90 Å². The molecule has 0 saturated carbocycles. The van der Waals surface area contributed by atoms with Gasteiger partial charge in [0.05, 0.1) is 6.61 Å². The number of hydrazine groups is 1. The lowest BCUT2D eigenvalue weighted by molar-refractivity contribution is 0.0161. The highest BCUT2D eigenvalue weighted by Crippen LogP contribution is 2.26. The van der Waals surface area contributed by atoms with Crippen LogP contribution in [0.3, 0.4) is 0 Å². The Labute approximate surface area is 215 Å². The molecule has 0 bridgehead atoms. The van der Waals surface area contributed by atoms with E-state index in [1.165, 1.54) is 11.1 Å². The molecular weight excluding hydrogens is 448 g/mol. The van der Waals surface area contributed by atoms with Crippen molar-refractivity contribution in [2.75, 3.05) is 0 Å². The van der Waals surface area contributed by atoms with E-state index in [9.17, 15) is 0 Å². The number of hydrogen-bond acceptors (Lipinski definition) is 6. The van der Waals surface area contributed by atoms with Crippen LogP contribution in [0.15, 0.2) is 72.8 Å². The highest BCUT2D eigenvalue weighted by atomic mass is 16.5. The molecule has 0 amide bonds. The maximum atomic E-state index is 8.35. The minimum Gasteiger partial charge on any atom is -0.454 e. The Hall–Kier alpha value is -3.03. The van der Waals surface area contributed by atoms with E-state index in [2.05, 4.69) is 59.1 Å². The van der Waals surface area contributed by atoms with E-state index in [0.29, 0.717) is 12.2 Å². The fourth-order valence-electron chi connectivity index (χ4n) is 3.82. The first-order valence-corrected chi connectivity index (χ1v) is 12.3. The Morgan fingerprint density at radius 1 is 0.833 bits per heavy atom. The minimum absolute atomic E-state index is 0.0377. The highest BCUT2D eigenvalue weighted by Gasteiger charge is 2.17. The van der Waals surface area contributed by atoms with Gasteiger partial charge in [-0.25, -0.2) is 5.43 Å². The van der Waals surface area contributed by atoms with Gasteiger partial charge in [0, 0.05) is 11.1 Å². The molecular formula is C30H40N4O2. The van der Waals surface area contributed by atoms with Gasteiger partial charge in [-0.2, -0.15) is 0 Å². The van der Waals surface area contributed by atoms with Crippen molar-refractivity contribution in [1.29, 1.82) is 5.41 Å². The van der Waals surface area contributed by atoms with Crippen molar-refractivity contribution in [3.8, 4) is 0 Å². The van der Waals surface area contributed by atoms with Crippen molar-refractivity contribution in [2.45, 2.75) is 71.4 Å². The van der Waals surface area contributed by atoms with Crippen molar-refractivity contribution >= 4 is 5.90 Å². The number of nitrogens with two attached hydrogens (primary N) is 2. The summed E-state index contributed by atoms with van der Waals surface area (Å²) in [6, 6.07) is 23.8. The van der Waals surface area contributed by atoms with E-state index in [4.69, 9.17) is 26.5 Å². The van der Waals surface area contributed by atoms with Gasteiger partial charge in [0.15, 0.2) is 6.23 Å². The average molecular weight is 489 g/mol. The standard InChI is InChI=1S/C30H40N4O2/c1-29(2,3)24-14-10-21(11-15-24)26(31)36-27(32)23-9-7-8-20(18-23)19-35-28(34-33)22-12-16-25(17-13-22)30(4,5)6/h7-18,27-28,31,34H,19,32-33H2,1-6H3. The van der Waals surface area contributed by atoms with Crippen LogP contribution in [0.4, 0.5) is 0 Å². The van der Waals surface area contributed by atoms with Crippen LogP contribution in [0.25, 0.3) is 0 Å². The molecule has 0 spiro atoms. The predicted octanol–water partition coefficient (Wildman–Crippen LogP) is 5.96. The topological polar surface area (TPSA) is 106 Å². The van der Waals surface area contributed by atoms with E-state index in [1.54, 1.807) is 0 Å². The third kappa shape index (κ3) is 7.24. The number of benzene rings is 3. The molecule has 2 atom stereocenters. The van der Waals surface area contributed by atoms with Crippen LogP contribution in [0.2, 0.25) is 0 Å². The molecule has 3 rings (SSSR count). The summed E-state index contributed by atoms with van der Waals surface area (Å²) in [5.74, 6) is 5.81. The molecule has 0 aromatic heterocycles. The van der Waals surface area contributed by atoms with Crippen molar-refractivity contribution in [1.82, 2.24) is 5.43 Å². The zero-order chi connectivity index (χ0) is 26.5. The first-order chi connectivity index (χ1) is 16.9. The molecule has 0 aliphatic carbocycles. The lowest BCUT2D eigenvalue weighted by Gasteiger charge is -2.22. The monoisotopic (exact) mass is 488 g/mol. The van der Waals surface area contributed by atoms with Gasteiger partial charge in [0.25, 0.3) is 0 Å². The lowest BCUT2D eigenvalue weighted by atomic mass is 9.86. The number of nitrogens with one attached hydrogen (secondary N) is 2. The number of hydrogen-bond donors (Lipinski definition) is 4. The van der Waals surface area contributed by atoms with Gasteiger partial charge in [0.1, 0.15) is 6.23 Å². The molecule has 36 heavy (non-hydrogen) atoms. The SMILES string of the molecule is CC(C)(C)c1ccc(C(=N)OC(N)c2cccc(COC(NN)c3ccc(C(C)(C)C)cc3)c2)cc1. The van der Waals surface area contributed by atoms with Gasteiger partial charge in [-0.05, 0) is 51.3 Å². The van der Waals surface area contributed by atoms with Crippen molar-refractivity contribution in [3.63, 3.8) is 0 Å². The van der Waals surface area contributed by atoms with E-state index < -0.39 is 12.5 Å². The molecule has 3 aromatic carbocycles. The number of rotatable bonds is 8. The van der Waals surface area contributed by atoms with E-state index in [-0.39, 0.29) is 16.7 Å². The van der Waals surface area contributed by atoms with Crippen molar-refractivity contribution < 1.29 is 9.47 Å². The second-order valence-electron chi connectivity index (χ2n) is 11.2. The summed E-state index contributed by atoms with van der Waals surface area (Å²) in [6.07, 6.45) is -1.22. The van der Waals surface area contributed by atoms with E-state index >= 15 is 0 Å². The normalized spacial score (nSPS) is 13.8. The molecule has 3 aromatic rings. The summed E-state index contributed by atoms with van der Waals surface area (Å²) in [4.78, 5) is 0. The average Bonchev–Trinajstić information content (AvgIpc) is 2.84. The molecule has 0 heterocycles. The van der Waals surface area contributed by atoms with Crippen molar-refractivity contribution in [2.24, 2.45) is 11.6 Å². The Morgan fingerprint density at radius 2 is 1.39 bits per heavy atom. The maximum absolute atomic E-state index is 8.35. The quantitative estimate of drug-likeness (QED) is 0.103. The fraction of sp³-hybridized carbons (Fsp3) is 0.367. The first kappa shape index (κ1) is 27.6. The van der Waals surface area contributed by atoms with Gasteiger partial charge in [-0.1, -0.05) is 96.1 Å². The molecule has 2 unspecified atom stereocenters. The van der Waals surface area contributed by atoms with Crippen LogP contribution in [-0.4, -0.2) is 5.90 Å². The van der Waals surface area contributed by atoms with Crippen molar-refractivity contribution in [3.05, 3.63) is 106 Å². The van der Waals surface area contributed by atoms with Gasteiger partial charge < -0.3 is 9.47 Å². The largest absolute Gasteiger partial charge is 0.454 e. The van der Waals surface area contributed by atoms with Crippen LogP contribution in [0, 0.1) is 5.41 Å². The molecule has 6 heteroatoms. The van der Waals surface area contributed by atoms with Crippen LogP contribution < -0.4 is 17.0 Å². The number of ether oxygens (including phenoxy) is 2. The summed E-state index contributed by atoms with van der Waals surface area (Å²) >= 11 is 0. The predicted molar refractivity (Wildman–Crippen MR) is 146 cm³/mol. The molecule has 6 N–H and O–H groups in total. The third-order valence-corrected chi connectivity index (χ3v) is 6.19. The first-order valence-electron chi connectivity index (χ1n) is 12.3. The van der Waals surface area contributed by atoms with Gasteiger partial charge >= 0.3 is 0 Å². The Kier molecular flexibility index (Phi) is 8.69. The Morgan fingerprint density at radius 3 is 1.92 bits per heavy atom. The Bertz CT molecular complexity index is 1140. The molecule has 0 saturated heterocycles. The van der Waals surface area contributed by atoms with E-state index in [0.717, 1.165) is 16.7 Å². The summed E-state index contributed by atoms with van der Waals surface area (Å²) in [7, 11) is 0. The molecule has 192 valence electrons. The second kappa shape index (κ2) is 11.4. The lowest BCUT2D eigenvalue weighted by Crippen LogP contribution is -2.30. The van der Waals surface area contributed by atoms with Gasteiger partial charge in [-0.3, -0.25) is 17.0 Å². The Balaban J connectivity index is 1.62. The van der Waals surface area contributed by atoms with Crippen LogP contribution in [-0.2, 0) is 26.9 Å². The highest BCUT2D eigenvalue weighted by molar-refractivity contribution is 5.91. The third-order valence-electron chi connectivity index (χ3n) is 6.19. The molecule has 0 aliphatic heterocycles. The summed E-state index contributed by atoms with van der Waals surface area (Å²) < 4.78 is 11.8. The van der Waals surface area contributed by atoms with Crippen LogP contribution >= 0.6 is 0 Å². The van der Waals surface area contributed by atoms with Crippen LogP contribution in [0.1, 0.15) is 87.4 Å². The van der Waals surface area contributed by atoms with Gasteiger partial charge in [-0.15, -0.1) is 0 Å². The zero-order valence-corrected chi connectivity index (χ0v) is 22.3. The zero-order valence-electron chi connectivity index (χ0n) is 22.3.